The van der Waals surface area contributed by atoms with Gasteiger partial charge < -0.3 is 10.0 Å². The number of nitrogens with zero attached hydrogens (tertiary/aromatic N) is 1. The Morgan fingerprint density at radius 1 is 1.73 bits per heavy atom. The molecule has 0 aliphatic carbocycles. The highest BCUT2D eigenvalue weighted by Gasteiger charge is 2.32. The highest BCUT2D eigenvalue weighted by molar-refractivity contribution is 5.74. The molecular weight excluding hydrogens is 142 g/mol. The van der Waals surface area contributed by atoms with Crippen LogP contribution in [0.3, 0.4) is 0 Å². The van der Waals surface area contributed by atoms with Crippen LogP contribution in [0, 0.1) is 5.92 Å². The first-order valence-corrected chi connectivity index (χ1v) is 4.08. The topological polar surface area (TPSA) is 40.5 Å². The lowest BCUT2D eigenvalue weighted by molar-refractivity contribution is -0.138. The van der Waals surface area contributed by atoms with Crippen molar-refractivity contribution in [3.8, 4) is 0 Å². The lowest BCUT2D eigenvalue weighted by Crippen LogP contribution is -2.53. The number of hydrogen-bond acceptors (Lipinski definition) is 2. The van der Waals surface area contributed by atoms with E-state index in [0.717, 1.165) is 19.5 Å². The second-order valence-electron chi connectivity index (χ2n) is 3.16. The Morgan fingerprint density at radius 3 is 2.64 bits per heavy atom. The third-order valence-corrected chi connectivity index (χ3v) is 2.32. The molecule has 1 aliphatic heterocycles. The first kappa shape index (κ1) is 8.53. The zero-order chi connectivity index (χ0) is 8.43. The van der Waals surface area contributed by atoms with Crippen molar-refractivity contribution in [2.75, 3.05) is 13.1 Å². The van der Waals surface area contributed by atoms with Crippen molar-refractivity contribution < 1.29 is 9.90 Å². The molecular formula is C8H15NO2. The van der Waals surface area contributed by atoms with Gasteiger partial charge in [-0.1, -0.05) is 6.92 Å². The minimum Gasteiger partial charge on any atom is -0.393 e. The Kier molecular flexibility index (Phi) is 2.49. The van der Waals surface area contributed by atoms with E-state index in [2.05, 4.69) is 0 Å². The normalized spacial score (nSPS) is 21.2. The SMILES string of the molecule is CCC(O)C1CN(C(C)=O)C1. The Balaban J connectivity index is 2.23. The molecule has 64 valence electrons. The summed E-state index contributed by atoms with van der Waals surface area (Å²) in [7, 11) is 0. The van der Waals surface area contributed by atoms with Gasteiger partial charge in [0.2, 0.25) is 5.91 Å². The van der Waals surface area contributed by atoms with Gasteiger partial charge in [-0.15, -0.1) is 0 Å². The largest absolute Gasteiger partial charge is 0.393 e. The monoisotopic (exact) mass is 157 g/mol. The summed E-state index contributed by atoms with van der Waals surface area (Å²) in [4.78, 5) is 12.5. The van der Waals surface area contributed by atoms with Gasteiger partial charge in [-0.05, 0) is 6.42 Å². The van der Waals surface area contributed by atoms with E-state index in [-0.39, 0.29) is 12.0 Å². The van der Waals surface area contributed by atoms with Gasteiger partial charge >= 0.3 is 0 Å². The van der Waals surface area contributed by atoms with E-state index in [4.69, 9.17) is 0 Å². The molecule has 11 heavy (non-hydrogen) atoms. The number of carbonyl (C=O) groups is 1. The summed E-state index contributed by atoms with van der Waals surface area (Å²) in [6.07, 6.45) is 0.571. The van der Waals surface area contributed by atoms with Gasteiger partial charge in [0.05, 0.1) is 6.10 Å². The predicted molar refractivity (Wildman–Crippen MR) is 42.0 cm³/mol. The van der Waals surface area contributed by atoms with Gasteiger partial charge in [0, 0.05) is 25.9 Å². The molecule has 1 fully saturated rings. The number of amides is 1. The van der Waals surface area contributed by atoms with Crippen molar-refractivity contribution in [2.45, 2.75) is 26.4 Å². The van der Waals surface area contributed by atoms with Gasteiger partial charge in [-0.3, -0.25) is 4.79 Å². The van der Waals surface area contributed by atoms with E-state index in [1.165, 1.54) is 0 Å². The van der Waals surface area contributed by atoms with Crippen LogP contribution in [-0.2, 0) is 4.79 Å². The summed E-state index contributed by atoms with van der Waals surface area (Å²) >= 11 is 0. The fraction of sp³-hybridized carbons (Fsp3) is 0.875. The highest BCUT2D eigenvalue weighted by atomic mass is 16.3. The summed E-state index contributed by atoms with van der Waals surface area (Å²) in [5, 5.41) is 9.34. The fourth-order valence-corrected chi connectivity index (χ4v) is 1.35. The predicted octanol–water partition coefficient (Wildman–Crippen LogP) is 0.236. The quantitative estimate of drug-likeness (QED) is 0.623. The van der Waals surface area contributed by atoms with Crippen molar-refractivity contribution in [3.63, 3.8) is 0 Å². The van der Waals surface area contributed by atoms with Gasteiger partial charge in [-0.25, -0.2) is 0 Å². The third-order valence-electron chi connectivity index (χ3n) is 2.32. The van der Waals surface area contributed by atoms with Crippen LogP contribution < -0.4 is 0 Å². The first-order chi connectivity index (χ1) is 5.15. The molecule has 1 aliphatic rings. The standard InChI is InChI=1S/C8H15NO2/c1-3-8(11)7-4-9(5-7)6(2)10/h7-8,11H,3-5H2,1-2H3. The number of aliphatic hydroxyl groups excluding tert-OH is 1. The van der Waals surface area contributed by atoms with Crippen LogP contribution in [0.25, 0.3) is 0 Å². The molecule has 1 saturated heterocycles. The van der Waals surface area contributed by atoms with Gasteiger partial charge in [0.25, 0.3) is 0 Å². The lowest BCUT2D eigenvalue weighted by Gasteiger charge is -2.40. The van der Waals surface area contributed by atoms with E-state index in [9.17, 15) is 9.90 Å². The maximum Gasteiger partial charge on any atom is 0.219 e. The van der Waals surface area contributed by atoms with E-state index in [1.54, 1.807) is 11.8 Å². The molecule has 0 aromatic rings. The molecule has 1 heterocycles. The van der Waals surface area contributed by atoms with E-state index < -0.39 is 0 Å². The van der Waals surface area contributed by atoms with Gasteiger partial charge in [-0.2, -0.15) is 0 Å². The molecule has 0 radical (unpaired) electrons. The average Bonchev–Trinajstić information content (AvgIpc) is 1.83. The Morgan fingerprint density at radius 2 is 2.27 bits per heavy atom. The smallest absolute Gasteiger partial charge is 0.219 e. The van der Waals surface area contributed by atoms with Crippen LogP contribution in [0.4, 0.5) is 0 Å². The highest BCUT2D eigenvalue weighted by Crippen LogP contribution is 2.20. The Labute approximate surface area is 67.0 Å². The molecule has 3 nitrogen and oxygen atoms in total. The number of hydrogen-bond donors (Lipinski definition) is 1. The number of likely N-dealkylation sites (tertiary alicyclic amines) is 1. The molecule has 1 N–H and O–H groups in total. The van der Waals surface area contributed by atoms with Crippen LogP contribution in [0.2, 0.25) is 0 Å². The molecule has 1 rings (SSSR count). The second kappa shape index (κ2) is 3.22. The van der Waals surface area contributed by atoms with Gasteiger partial charge in [0.15, 0.2) is 0 Å². The molecule has 1 amide bonds. The second-order valence-corrected chi connectivity index (χ2v) is 3.16. The van der Waals surface area contributed by atoms with Crippen molar-refractivity contribution >= 4 is 5.91 Å². The summed E-state index contributed by atoms with van der Waals surface area (Å²) in [5.41, 5.74) is 0. The van der Waals surface area contributed by atoms with Crippen molar-refractivity contribution in [2.24, 2.45) is 5.92 Å². The minimum atomic E-state index is -0.217. The number of aliphatic hydroxyl groups is 1. The van der Waals surface area contributed by atoms with Crippen molar-refractivity contribution in [1.82, 2.24) is 4.90 Å². The molecule has 0 saturated carbocycles. The zero-order valence-electron chi connectivity index (χ0n) is 7.08. The van der Waals surface area contributed by atoms with Crippen LogP contribution >= 0.6 is 0 Å². The number of carbonyl (C=O) groups excluding carboxylic acids is 1. The van der Waals surface area contributed by atoms with Crippen molar-refractivity contribution in [3.05, 3.63) is 0 Å². The molecule has 1 atom stereocenters. The molecule has 3 heteroatoms. The van der Waals surface area contributed by atoms with E-state index in [1.807, 2.05) is 6.92 Å². The lowest BCUT2D eigenvalue weighted by atomic mass is 9.92. The van der Waals surface area contributed by atoms with Crippen LogP contribution in [0.5, 0.6) is 0 Å². The maximum absolute atomic E-state index is 10.7. The third kappa shape index (κ3) is 1.71. The molecule has 0 bridgehead atoms. The average molecular weight is 157 g/mol. The van der Waals surface area contributed by atoms with Gasteiger partial charge in [0.1, 0.15) is 0 Å². The molecule has 0 spiro atoms. The maximum atomic E-state index is 10.7. The van der Waals surface area contributed by atoms with Crippen molar-refractivity contribution in [1.29, 1.82) is 0 Å². The van der Waals surface area contributed by atoms with Crippen LogP contribution in [0.15, 0.2) is 0 Å². The van der Waals surface area contributed by atoms with E-state index in [0.29, 0.717) is 5.92 Å². The Hall–Kier alpha value is -0.570. The zero-order valence-corrected chi connectivity index (χ0v) is 7.08. The summed E-state index contributed by atoms with van der Waals surface area (Å²) < 4.78 is 0. The molecule has 1 unspecified atom stereocenters. The Bertz CT molecular complexity index is 152. The van der Waals surface area contributed by atoms with Crippen LogP contribution in [-0.4, -0.2) is 35.1 Å². The molecule has 0 aromatic heterocycles. The summed E-state index contributed by atoms with van der Waals surface area (Å²) in [6, 6.07) is 0. The summed E-state index contributed by atoms with van der Waals surface area (Å²) in [5.74, 6) is 0.438. The summed E-state index contributed by atoms with van der Waals surface area (Å²) in [6.45, 7) is 5.00. The molecule has 0 aromatic carbocycles. The first-order valence-electron chi connectivity index (χ1n) is 4.08. The number of rotatable bonds is 2. The van der Waals surface area contributed by atoms with E-state index >= 15 is 0 Å². The van der Waals surface area contributed by atoms with Crippen LogP contribution in [0.1, 0.15) is 20.3 Å². The fourth-order valence-electron chi connectivity index (χ4n) is 1.35. The minimum absolute atomic E-state index is 0.115.